The van der Waals surface area contributed by atoms with Crippen molar-refractivity contribution in [2.24, 2.45) is 5.92 Å². The summed E-state index contributed by atoms with van der Waals surface area (Å²) in [6.07, 6.45) is -0.846. The fourth-order valence-electron chi connectivity index (χ4n) is 4.75. The highest BCUT2D eigenvalue weighted by molar-refractivity contribution is 7.13. The summed E-state index contributed by atoms with van der Waals surface area (Å²) >= 11 is 1.56. The number of thiophene rings is 1. The van der Waals surface area contributed by atoms with E-state index in [1.54, 1.807) is 45.3 Å². The number of amides is 1. The monoisotopic (exact) mass is 557 g/mol. The van der Waals surface area contributed by atoms with Gasteiger partial charge in [0.25, 0.3) is 5.91 Å². The Kier molecular flexibility index (Phi) is 7.59. The molecule has 5 heterocycles. The van der Waals surface area contributed by atoms with Crippen LogP contribution < -0.4 is 10.2 Å². The maximum Gasteiger partial charge on any atom is 0.395 e. The van der Waals surface area contributed by atoms with Crippen molar-refractivity contribution in [2.75, 3.05) is 37.6 Å². The molecule has 1 fully saturated rings. The van der Waals surface area contributed by atoms with Crippen LogP contribution in [0, 0.1) is 5.92 Å². The lowest BCUT2D eigenvalue weighted by Crippen LogP contribution is -2.53. The molecule has 4 aromatic heterocycles. The second kappa shape index (κ2) is 10.9. The minimum atomic E-state index is -4.26. The summed E-state index contributed by atoms with van der Waals surface area (Å²) in [4.78, 5) is 27.5. The lowest BCUT2D eigenvalue weighted by Gasteiger charge is -2.41. The van der Waals surface area contributed by atoms with E-state index in [4.69, 9.17) is 4.98 Å². The number of aromatic nitrogens is 4. The van der Waals surface area contributed by atoms with Crippen molar-refractivity contribution in [3.8, 4) is 21.8 Å². The van der Waals surface area contributed by atoms with Crippen LogP contribution in [0.5, 0.6) is 0 Å². The molecule has 206 valence electrons. The number of anilines is 1. The molecule has 8 nitrogen and oxygen atoms in total. The molecule has 1 aliphatic rings. The number of likely N-dealkylation sites (N-methyl/N-ethyl adjacent to an activating group) is 1. The van der Waals surface area contributed by atoms with Crippen molar-refractivity contribution in [3.05, 3.63) is 53.7 Å². The smallest absolute Gasteiger partial charge is 0.355 e. The van der Waals surface area contributed by atoms with Gasteiger partial charge in [-0.15, -0.1) is 11.3 Å². The normalized spacial score (nSPS) is 15.1. The molecule has 0 aromatic carbocycles. The van der Waals surface area contributed by atoms with Gasteiger partial charge in [-0.2, -0.15) is 18.3 Å². The van der Waals surface area contributed by atoms with E-state index in [9.17, 15) is 18.0 Å². The van der Waals surface area contributed by atoms with Gasteiger partial charge in [0.1, 0.15) is 5.82 Å². The molecule has 5 rings (SSSR count). The van der Waals surface area contributed by atoms with E-state index in [1.807, 2.05) is 30.5 Å². The molecule has 0 aliphatic carbocycles. The van der Waals surface area contributed by atoms with Crippen molar-refractivity contribution in [3.63, 3.8) is 0 Å². The summed E-state index contributed by atoms with van der Waals surface area (Å²) in [5.74, 6) is -1.40. The van der Waals surface area contributed by atoms with Crippen LogP contribution in [0.3, 0.4) is 0 Å². The van der Waals surface area contributed by atoms with Crippen molar-refractivity contribution in [1.29, 1.82) is 0 Å². The first kappa shape index (κ1) is 27.1. The molecular weight excluding hydrogens is 527 g/mol. The third kappa shape index (κ3) is 5.62. The zero-order valence-electron chi connectivity index (χ0n) is 21.9. The average Bonchev–Trinajstić information content (AvgIpc) is 3.56. The predicted molar refractivity (Wildman–Crippen MR) is 146 cm³/mol. The van der Waals surface area contributed by atoms with E-state index in [-0.39, 0.29) is 25.0 Å². The Labute approximate surface area is 228 Å². The number of halogens is 3. The fourth-order valence-corrected chi connectivity index (χ4v) is 5.44. The Morgan fingerprint density at radius 3 is 2.62 bits per heavy atom. The summed E-state index contributed by atoms with van der Waals surface area (Å²) in [6.45, 7) is 7.95. The van der Waals surface area contributed by atoms with Gasteiger partial charge in [0.2, 0.25) is 0 Å². The Balaban J connectivity index is 1.49. The second-order valence-corrected chi connectivity index (χ2v) is 10.6. The van der Waals surface area contributed by atoms with E-state index in [0.717, 1.165) is 23.7 Å². The van der Waals surface area contributed by atoms with Crippen LogP contribution in [0.25, 0.3) is 27.5 Å². The Hall–Kier alpha value is -3.51. The summed E-state index contributed by atoms with van der Waals surface area (Å²) in [5.41, 5.74) is 2.66. The van der Waals surface area contributed by atoms with E-state index in [2.05, 4.69) is 34.1 Å². The number of fused-ring (bicyclic) bond motifs is 1. The topological polar surface area (TPSA) is 78.7 Å². The minimum absolute atomic E-state index is 0.132. The van der Waals surface area contributed by atoms with E-state index in [1.165, 1.54) is 0 Å². The zero-order chi connectivity index (χ0) is 27.7. The first-order valence-corrected chi connectivity index (χ1v) is 13.8. The molecule has 1 N–H and O–H groups in total. The van der Waals surface area contributed by atoms with Gasteiger partial charge in [-0.1, -0.05) is 19.9 Å². The minimum Gasteiger partial charge on any atom is -0.355 e. The first-order chi connectivity index (χ1) is 18.7. The third-order valence-corrected chi connectivity index (χ3v) is 8.05. The number of carbonyl (C=O) groups excluding carboxylic acids is 1. The molecule has 0 unspecified atom stereocenters. The van der Waals surface area contributed by atoms with Crippen LogP contribution in [-0.4, -0.2) is 75.3 Å². The van der Waals surface area contributed by atoms with Crippen LogP contribution in [0.4, 0.5) is 19.0 Å². The summed E-state index contributed by atoms with van der Waals surface area (Å²) in [6, 6.07) is 9.13. The average molecular weight is 558 g/mol. The van der Waals surface area contributed by atoms with Crippen molar-refractivity contribution >= 4 is 28.7 Å². The number of nitrogens with zero attached hydrogens (tertiary/aromatic N) is 6. The van der Waals surface area contributed by atoms with Gasteiger partial charge < -0.3 is 10.2 Å². The number of alkyl halides is 3. The second-order valence-electron chi connectivity index (χ2n) is 9.64. The molecular formula is C27H30F3N7OS. The molecule has 1 aliphatic heterocycles. The van der Waals surface area contributed by atoms with E-state index < -0.39 is 12.1 Å². The number of pyridine rings is 1. The molecule has 0 bridgehead atoms. The molecule has 12 heteroatoms. The van der Waals surface area contributed by atoms with Crippen LogP contribution in [0.2, 0.25) is 0 Å². The number of hydrogen-bond acceptors (Lipinski definition) is 7. The lowest BCUT2D eigenvalue weighted by molar-refractivity contribution is -0.180. The Bertz CT molecular complexity index is 1440. The van der Waals surface area contributed by atoms with Crippen molar-refractivity contribution in [1.82, 2.24) is 29.8 Å². The van der Waals surface area contributed by atoms with Crippen LogP contribution in [-0.2, 0) is 0 Å². The van der Waals surface area contributed by atoms with Gasteiger partial charge in [0.15, 0.2) is 5.65 Å². The SMILES string of the molecule is CCN(CC)[C@@H](C)CNC(=O)c1cc(-c2cnn3ccc(-c4cccs4)nc23)nc(N2CC(C(F)(F)F)C2)c1. The van der Waals surface area contributed by atoms with Crippen LogP contribution in [0.1, 0.15) is 31.1 Å². The largest absolute Gasteiger partial charge is 0.395 e. The van der Waals surface area contributed by atoms with Gasteiger partial charge in [0.05, 0.1) is 33.9 Å². The maximum absolute atomic E-state index is 13.3. The zero-order valence-corrected chi connectivity index (χ0v) is 22.8. The molecule has 1 atom stereocenters. The van der Waals surface area contributed by atoms with E-state index in [0.29, 0.717) is 34.8 Å². The molecule has 1 saturated heterocycles. The van der Waals surface area contributed by atoms with Crippen molar-refractivity contribution in [2.45, 2.75) is 33.0 Å². The maximum atomic E-state index is 13.3. The highest BCUT2D eigenvalue weighted by Gasteiger charge is 2.47. The summed E-state index contributed by atoms with van der Waals surface area (Å²) in [5, 5.41) is 9.34. The number of carbonyl (C=O) groups is 1. The number of nitrogens with one attached hydrogen (secondary N) is 1. The van der Waals surface area contributed by atoms with Gasteiger partial charge in [0, 0.05) is 37.4 Å². The molecule has 39 heavy (non-hydrogen) atoms. The van der Waals surface area contributed by atoms with Crippen LogP contribution in [0.15, 0.2) is 48.1 Å². The molecule has 0 saturated carbocycles. The van der Waals surface area contributed by atoms with Gasteiger partial charge in [-0.25, -0.2) is 14.5 Å². The number of hydrogen-bond donors (Lipinski definition) is 1. The highest BCUT2D eigenvalue weighted by atomic mass is 32.1. The Morgan fingerprint density at radius 1 is 1.18 bits per heavy atom. The standard InChI is InChI=1S/C27H30F3N7OS/c1-4-35(5-2)17(3)13-31-26(38)18-11-22(33-24(12-18)36-15-19(16-36)27(28,29)30)20-14-32-37-9-8-21(34-25(20)37)23-7-6-10-39-23/h6-12,14,17,19H,4-5,13,15-16H2,1-3H3,(H,31,38)/t17-/m0/s1. The summed E-state index contributed by atoms with van der Waals surface area (Å²) < 4.78 is 41.2. The van der Waals surface area contributed by atoms with Gasteiger partial charge in [-0.3, -0.25) is 9.69 Å². The number of rotatable bonds is 9. The summed E-state index contributed by atoms with van der Waals surface area (Å²) in [7, 11) is 0. The first-order valence-electron chi connectivity index (χ1n) is 12.9. The fraction of sp³-hybridized carbons (Fsp3) is 0.407. The molecule has 0 radical (unpaired) electrons. The Morgan fingerprint density at radius 2 is 1.95 bits per heavy atom. The lowest BCUT2D eigenvalue weighted by atomic mass is 9.99. The van der Waals surface area contributed by atoms with Crippen molar-refractivity contribution < 1.29 is 18.0 Å². The molecule has 0 spiro atoms. The highest BCUT2D eigenvalue weighted by Crippen LogP contribution is 2.37. The third-order valence-electron chi connectivity index (χ3n) is 7.15. The van der Waals surface area contributed by atoms with Gasteiger partial charge >= 0.3 is 6.18 Å². The molecule has 4 aromatic rings. The van der Waals surface area contributed by atoms with Gasteiger partial charge in [-0.05, 0) is 49.7 Å². The van der Waals surface area contributed by atoms with E-state index >= 15 is 0 Å². The van der Waals surface area contributed by atoms with Crippen LogP contribution >= 0.6 is 11.3 Å². The predicted octanol–water partition coefficient (Wildman–Crippen LogP) is 4.98. The molecule has 1 amide bonds. The quantitative estimate of drug-likeness (QED) is 0.313.